The molecule has 37 nitrogen and oxygen atoms in total. The summed E-state index contributed by atoms with van der Waals surface area (Å²) < 4.78 is 170. The Morgan fingerprint density at radius 1 is 0.476 bits per heavy atom. The van der Waals surface area contributed by atoms with E-state index in [1.165, 1.54) is 67.6 Å². The van der Waals surface area contributed by atoms with Gasteiger partial charge in [-0.2, -0.15) is 40.6 Å². The molecule has 0 bridgehead atoms. The highest BCUT2D eigenvalue weighted by molar-refractivity contribution is 7.86. The van der Waals surface area contributed by atoms with Gasteiger partial charge in [0.2, 0.25) is 6.79 Å². The van der Waals surface area contributed by atoms with Crippen LogP contribution in [0, 0.1) is 6.92 Å². The van der Waals surface area contributed by atoms with Crippen LogP contribution in [-0.2, 0) is 65.9 Å². The van der Waals surface area contributed by atoms with E-state index in [1.54, 1.807) is 60.7 Å². The van der Waals surface area contributed by atoms with Crippen molar-refractivity contribution >= 4 is 182 Å². The van der Waals surface area contributed by atoms with E-state index in [0.29, 0.717) is 28.2 Å². The molecule has 0 radical (unpaired) electrons. The van der Waals surface area contributed by atoms with Gasteiger partial charge in [0.15, 0.2) is 23.0 Å². The number of carbonyl (C=O) groups excluding carboxylic acids is 2. The topological polar surface area (TPSA) is 581 Å². The number of hydrogen-bond donors (Lipinski definition) is 9. The zero-order chi connectivity index (χ0) is 76.2. The summed E-state index contributed by atoms with van der Waals surface area (Å²) in [5.41, 5.74) is -0.239. The van der Waals surface area contributed by atoms with Gasteiger partial charge in [0, 0.05) is 45.4 Å². The van der Waals surface area contributed by atoms with Crippen molar-refractivity contribution in [1.29, 1.82) is 0 Å². The molecule has 0 heterocycles. The molecule has 0 aromatic heterocycles. The monoisotopic (exact) mass is 1530 g/mol. The smallest absolute Gasteiger partial charge is 0.425 e. The van der Waals surface area contributed by atoms with Gasteiger partial charge in [-0.25, -0.2) is 4.79 Å². The summed E-state index contributed by atoms with van der Waals surface area (Å²) in [4.78, 5) is 31.4. The van der Waals surface area contributed by atoms with Gasteiger partial charge in [-0.1, -0.05) is 36.4 Å². The number of anilines is 2. The highest BCUT2D eigenvalue weighted by Gasteiger charge is 2.25. The molecular weight excluding hydrogens is 1490 g/mol. The predicted octanol–water partition coefficient (Wildman–Crippen LogP) is 13.7. The SMILES string of the molecule is Cc1cc(N=Nc2c(S(=O)(=O)O)cc3ccc(N=Nc4c(Nc5ccccc5)ccc5c(O)c(N=Nc6ccc7ccc(N=Nc8cc(OC=O)ccc8C(=O)O)c(O)c7c6)ccc45)cc3c2O)c(OCOC=O)cc1N=Nc1cc(S(=O)(=O)O)cc2cc(S(=O)(=O)O)cc(O)c12.O=S(=O)=O.O=S(=O)=O. The number of aromatic hydroxyl groups is 4. The number of nitrogens with one attached hydrogen (secondary N) is 1. The molecule has 0 saturated heterocycles. The second-order valence-electron chi connectivity index (χ2n) is 20.9. The highest BCUT2D eigenvalue weighted by Crippen LogP contribution is 2.48. The molecule has 0 aliphatic rings. The Hall–Kier alpha value is -13.4. The summed E-state index contributed by atoms with van der Waals surface area (Å²) in [6, 6.07) is 37.4. The fourth-order valence-corrected chi connectivity index (χ4v) is 11.5. The second kappa shape index (κ2) is 32.1. The molecule has 0 unspecified atom stereocenters. The molecule has 105 heavy (non-hydrogen) atoms. The fraction of sp³-hybridized carbons (Fsp3) is 0.0317. The summed E-state index contributed by atoms with van der Waals surface area (Å²) in [6.45, 7) is 0.907. The Kier molecular flexibility index (Phi) is 23.2. The van der Waals surface area contributed by atoms with Crippen LogP contribution in [0.5, 0.6) is 34.5 Å². The summed E-state index contributed by atoms with van der Waals surface area (Å²) in [5.74, 6) is -3.89. The van der Waals surface area contributed by atoms with Crippen LogP contribution >= 0.6 is 0 Å². The van der Waals surface area contributed by atoms with Gasteiger partial charge in [-0.3, -0.25) is 23.2 Å². The number of phenols is 4. The molecule has 0 aliphatic carbocycles. The average molecular weight is 1530 g/mol. The van der Waals surface area contributed by atoms with Crippen molar-refractivity contribution in [3.05, 3.63) is 175 Å². The lowest BCUT2D eigenvalue weighted by Gasteiger charge is -2.13. The molecule has 0 fully saturated rings. The highest BCUT2D eigenvalue weighted by atomic mass is 32.2. The summed E-state index contributed by atoms with van der Waals surface area (Å²) in [5, 5.41) is 102. The van der Waals surface area contributed by atoms with Crippen molar-refractivity contribution in [2.24, 2.45) is 51.1 Å². The Bertz CT molecular complexity index is 6130. The number of hydrogen-bond acceptors (Lipinski definition) is 33. The molecular formula is C63H43N11O26S5. The number of aromatic carboxylic acids is 1. The number of carbonyl (C=O) groups is 3. The maximum absolute atomic E-state index is 13.0. The van der Waals surface area contributed by atoms with E-state index in [1.807, 2.05) is 6.07 Å². The van der Waals surface area contributed by atoms with E-state index in [9.17, 15) is 78.8 Å². The third-order valence-corrected chi connectivity index (χ3v) is 16.9. The maximum atomic E-state index is 13.0. The van der Waals surface area contributed by atoms with E-state index in [2.05, 4.69) is 56.5 Å². The first kappa shape index (κ1) is 75.8. The van der Waals surface area contributed by atoms with Gasteiger partial charge in [-0.05, 0) is 138 Å². The number of ether oxygens (including phenoxy) is 3. The van der Waals surface area contributed by atoms with Crippen LogP contribution in [0.3, 0.4) is 0 Å². The third kappa shape index (κ3) is 18.6. The minimum absolute atomic E-state index is 0.00933. The molecule has 536 valence electrons. The largest absolute Gasteiger partial charge is 0.507 e. The van der Waals surface area contributed by atoms with Gasteiger partial charge in [0.05, 0.1) is 49.2 Å². The number of rotatable bonds is 22. The zero-order valence-electron chi connectivity index (χ0n) is 52.4. The number of carboxylic acids is 1. The molecule has 42 heteroatoms. The number of benzene rings is 11. The predicted molar refractivity (Wildman–Crippen MR) is 366 cm³/mol. The van der Waals surface area contributed by atoms with E-state index in [4.69, 9.17) is 39.5 Å². The summed E-state index contributed by atoms with van der Waals surface area (Å²) >= 11 is 0. The van der Waals surface area contributed by atoms with E-state index in [-0.39, 0.29) is 125 Å². The van der Waals surface area contributed by atoms with E-state index >= 15 is 0 Å². The van der Waals surface area contributed by atoms with Crippen molar-refractivity contribution in [2.45, 2.75) is 21.6 Å². The summed E-state index contributed by atoms with van der Waals surface area (Å²) in [6.07, 6.45) is 0. The van der Waals surface area contributed by atoms with E-state index < -0.39 is 102 Å². The van der Waals surface area contributed by atoms with Gasteiger partial charge in [0.1, 0.15) is 50.5 Å². The van der Waals surface area contributed by atoms with Gasteiger partial charge in [0.25, 0.3) is 43.3 Å². The van der Waals surface area contributed by atoms with Crippen LogP contribution < -0.4 is 14.8 Å². The van der Waals surface area contributed by atoms with Gasteiger partial charge in [-0.15, -0.1) is 61.1 Å². The Morgan fingerprint density at radius 3 is 1.65 bits per heavy atom. The number of azo groups is 5. The van der Waals surface area contributed by atoms with Crippen LogP contribution in [0.4, 0.5) is 68.2 Å². The van der Waals surface area contributed by atoms with Crippen molar-refractivity contribution in [1.82, 2.24) is 0 Å². The molecule has 11 aromatic carbocycles. The fourth-order valence-electron chi connectivity index (χ4n) is 9.76. The van der Waals surface area contributed by atoms with Crippen molar-refractivity contribution in [3.63, 3.8) is 0 Å². The number of phenolic OH excluding ortho intramolecular Hbond substituents is 4. The number of carboxylic acid groups (broad SMARTS) is 1. The Balaban J connectivity index is 0.00000152. The molecule has 0 saturated carbocycles. The van der Waals surface area contributed by atoms with Crippen LogP contribution in [-0.4, -0.2) is 115 Å². The minimum Gasteiger partial charge on any atom is -0.507 e. The van der Waals surface area contributed by atoms with Crippen LogP contribution in [0.15, 0.2) is 230 Å². The minimum atomic E-state index is -5.19. The normalized spacial score (nSPS) is 11.8. The molecule has 0 spiro atoms. The van der Waals surface area contributed by atoms with Crippen LogP contribution in [0.25, 0.3) is 43.1 Å². The van der Waals surface area contributed by atoms with Gasteiger partial charge < -0.3 is 45.1 Å². The number of aryl methyl sites for hydroxylation is 1. The molecule has 0 amide bonds. The first-order chi connectivity index (χ1) is 49.7. The molecule has 11 rings (SSSR count). The molecule has 11 aromatic rings. The Morgan fingerprint density at radius 2 is 1.02 bits per heavy atom. The maximum Gasteiger partial charge on any atom is 0.425 e. The lowest BCUT2D eigenvalue weighted by atomic mass is 10.0. The first-order valence-corrected chi connectivity index (χ1v) is 34.9. The molecule has 0 atom stereocenters. The van der Waals surface area contributed by atoms with Crippen molar-refractivity contribution < 1.29 is 118 Å². The lowest BCUT2D eigenvalue weighted by Crippen LogP contribution is -2.01. The number of nitrogens with zero attached hydrogens (tertiary/aromatic N) is 10. The standard InChI is InChI=1S/C63H43N11O20S3.2O3S/c1-32-19-52(55(94-31-92-29-75)28-50(32)69-72-53-26-40(95(83,84)85)20-35-21-41(96(86,87)88)27-54(77)57(35)53)71-74-59-56(97(89,90)91)22-34-8-11-38(24-46(34)62(59)80)66-73-58-42-14-18-49(60(78)43(42)15-17-47(58)64-36-5-3-2-4-6-36)67-65-37-10-7-33-9-16-48(61(79)45(33)23-37)68-70-51-25-39(93-30-76)12-13-44(51)63(81)82;2*1-4(2)3/h2-30,64,77-80H,31H2,1H3,(H,81,82)(H,83,84,85)(H,86,87,88)(H,89,90,91);;. The average Bonchev–Trinajstić information content (AvgIpc) is 0.773. The van der Waals surface area contributed by atoms with Crippen LogP contribution in [0.1, 0.15) is 15.9 Å². The zero-order valence-corrected chi connectivity index (χ0v) is 56.5. The van der Waals surface area contributed by atoms with Gasteiger partial charge >= 0.3 is 27.2 Å². The Labute approximate surface area is 591 Å². The van der Waals surface area contributed by atoms with Crippen molar-refractivity contribution in [2.75, 3.05) is 12.1 Å². The quantitative estimate of drug-likeness (QED) is 0.0100. The van der Waals surface area contributed by atoms with Crippen LogP contribution in [0.2, 0.25) is 0 Å². The van der Waals surface area contributed by atoms with E-state index in [0.717, 1.165) is 30.3 Å². The molecule has 9 N–H and O–H groups in total. The summed E-state index contributed by atoms with van der Waals surface area (Å²) in [7, 11) is -21.3. The van der Waals surface area contributed by atoms with Crippen molar-refractivity contribution in [3.8, 4) is 34.5 Å². The molecule has 0 aliphatic heterocycles. The number of fused-ring (bicyclic) bond motifs is 4. The second-order valence-corrected chi connectivity index (χ2v) is 26.0. The number of para-hydroxylation sites is 1. The lowest BCUT2D eigenvalue weighted by molar-refractivity contribution is -0.134. The first-order valence-electron chi connectivity index (χ1n) is 28.5. The third-order valence-electron chi connectivity index (χ3n) is 14.3.